The molecule has 0 radical (unpaired) electrons. The maximum absolute atomic E-state index is 12.6. The molecule has 12 nitrogen and oxygen atoms in total. The molecule has 0 aliphatic carbocycles. The molecule has 3 aromatic rings. The van der Waals surface area contributed by atoms with Gasteiger partial charge in [-0.05, 0) is 36.4 Å². The van der Waals surface area contributed by atoms with Gasteiger partial charge in [-0.3, -0.25) is 29.8 Å². The van der Waals surface area contributed by atoms with E-state index in [1.165, 1.54) is 62.8 Å². The average molecular weight is 466 g/mol. The summed E-state index contributed by atoms with van der Waals surface area (Å²) in [5, 5.41) is 27.2. The van der Waals surface area contributed by atoms with Crippen molar-refractivity contribution in [2.24, 2.45) is 0 Å². The van der Waals surface area contributed by atoms with Crippen molar-refractivity contribution in [1.82, 2.24) is 0 Å². The summed E-state index contributed by atoms with van der Waals surface area (Å²) in [4.78, 5) is 46.0. The first-order valence-electron chi connectivity index (χ1n) is 9.61. The molecule has 0 saturated heterocycles. The Morgan fingerprint density at radius 1 is 0.676 bits per heavy atom. The predicted octanol–water partition coefficient (Wildman–Crippen LogP) is 4.02. The molecular formula is C22H18N4O8. The molecule has 0 aliphatic heterocycles. The van der Waals surface area contributed by atoms with Gasteiger partial charge in [0.2, 0.25) is 0 Å². The van der Waals surface area contributed by atoms with Gasteiger partial charge in [0, 0.05) is 35.6 Å². The molecule has 3 rings (SSSR count). The number of benzene rings is 3. The second-order valence-electron chi connectivity index (χ2n) is 6.77. The van der Waals surface area contributed by atoms with Gasteiger partial charge in [-0.15, -0.1) is 0 Å². The van der Waals surface area contributed by atoms with E-state index >= 15 is 0 Å². The number of nitrogens with one attached hydrogen (secondary N) is 2. The average Bonchev–Trinajstić information content (AvgIpc) is 2.84. The molecule has 174 valence electrons. The van der Waals surface area contributed by atoms with Crippen molar-refractivity contribution in [1.29, 1.82) is 0 Å². The molecule has 34 heavy (non-hydrogen) atoms. The van der Waals surface area contributed by atoms with Crippen LogP contribution in [0.5, 0.6) is 11.5 Å². The van der Waals surface area contributed by atoms with Gasteiger partial charge in [-0.2, -0.15) is 0 Å². The molecule has 2 amide bonds. The van der Waals surface area contributed by atoms with Crippen molar-refractivity contribution in [2.45, 2.75) is 0 Å². The lowest BCUT2D eigenvalue weighted by Gasteiger charge is -2.11. The van der Waals surface area contributed by atoms with Gasteiger partial charge in [0.05, 0.1) is 35.2 Å². The summed E-state index contributed by atoms with van der Waals surface area (Å²) in [6.07, 6.45) is 0. The second-order valence-corrected chi connectivity index (χ2v) is 6.77. The lowest BCUT2D eigenvalue weighted by molar-refractivity contribution is -0.385. The summed E-state index contributed by atoms with van der Waals surface area (Å²) in [5.74, 6) is -0.923. The van der Waals surface area contributed by atoms with Gasteiger partial charge in [0.15, 0.2) is 0 Å². The lowest BCUT2D eigenvalue weighted by Crippen LogP contribution is -2.15. The SMILES string of the molecule is COc1ccc([N+](=O)[O-])cc1C(=O)Nc1ccc(NC(=O)c2cc([N+](=O)[O-])ccc2OC)cc1. The number of ether oxygens (including phenoxy) is 2. The first-order valence-corrected chi connectivity index (χ1v) is 9.61. The number of rotatable bonds is 8. The number of anilines is 2. The number of non-ortho nitro benzene ring substituents is 2. The summed E-state index contributed by atoms with van der Waals surface area (Å²) < 4.78 is 10.2. The Balaban J connectivity index is 1.75. The van der Waals surface area contributed by atoms with Crippen LogP contribution in [0, 0.1) is 20.2 Å². The predicted molar refractivity (Wildman–Crippen MR) is 122 cm³/mol. The summed E-state index contributed by atoms with van der Waals surface area (Å²) in [5.41, 5.74) is 0.133. The standard InChI is InChI=1S/C22H18N4O8/c1-33-19-9-7-15(25(29)30)11-17(19)21(27)23-13-3-5-14(6-4-13)24-22(28)18-12-16(26(31)32)8-10-20(18)34-2/h3-12H,1-2H3,(H,23,27)(H,24,28). The second kappa shape index (κ2) is 10.1. The Kier molecular flexibility index (Phi) is 7.01. The number of carbonyl (C=O) groups is 2. The molecule has 0 unspecified atom stereocenters. The highest BCUT2D eigenvalue weighted by atomic mass is 16.6. The van der Waals surface area contributed by atoms with Crippen molar-refractivity contribution in [3.8, 4) is 11.5 Å². The van der Waals surface area contributed by atoms with Crippen LogP contribution < -0.4 is 20.1 Å². The summed E-state index contributed by atoms with van der Waals surface area (Å²) in [6, 6.07) is 13.3. The minimum atomic E-state index is -0.626. The lowest BCUT2D eigenvalue weighted by atomic mass is 10.1. The first-order chi connectivity index (χ1) is 16.2. The number of nitro groups is 2. The van der Waals surface area contributed by atoms with Gasteiger partial charge in [0.25, 0.3) is 23.2 Å². The molecule has 0 saturated carbocycles. The Morgan fingerprint density at radius 3 is 1.32 bits per heavy atom. The Hall–Kier alpha value is -5.00. The quantitative estimate of drug-likeness (QED) is 0.371. The van der Waals surface area contributed by atoms with Crippen LogP contribution in [0.15, 0.2) is 60.7 Å². The van der Waals surface area contributed by atoms with Crippen LogP contribution >= 0.6 is 0 Å². The van der Waals surface area contributed by atoms with Crippen molar-refractivity contribution >= 4 is 34.6 Å². The minimum Gasteiger partial charge on any atom is -0.496 e. The zero-order chi connectivity index (χ0) is 24.8. The maximum atomic E-state index is 12.6. The Bertz CT molecular complexity index is 1180. The molecule has 0 fully saturated rings. The topological polar surface area (TPSA) is 163 Å². The van der Waals surface area contributed by atoms with Crippen molar-refractivity contribution in [3.63, 3.8) is 0 Å². The maximum Gasteiger partial charge on any atom is 0.270 e. The molecule has 2 N–H and O–H groups in total. The van der Waals surface area contributed by atoms with Gasteiger partial charge in [-0.25, -0.2) is 0 Å². The number of hydrogen-bond donors (Lipinski definition) is 2. The van der Waals surface area contributed by atoms with Crippen LogP contribution in [0.4, 0.5) is 22.7 Å². The number of carbonyl (C=O) groups excluding carboxylic acids is 2. The molecule has 3 aromatic carbocycles. The highest BCUT2D eigenvalue weighted by Gasteiger charge is 2.19. The van der Waals surface area contributed by atoms with Crippen molar-refractivity contribution in [2.75, 3.05) is 24.9 Å². The van der Waals surface area contributed by atoms with E-state index in [1.54, 1.807) is 0 Å². The molecule has 12 heteroatoms. The normalized spacial score (nSPS) is 10.2. The zero-order valence-corrected chi connectivity index (χ0v) is 17.9. The highest BCUT2D eigenvalue weighted by Crippen LogP contribution is 2.27. The van der Waals surface area contributed by atoms with Gasteiger partial charge < -0.3 is 20.1 Å². The number of nitro benzene ring substituents is 2. The molecule has 0 heterocycles. The van der Waals surface area contributed by atoms with Crippen molar-refractivity contribution in [3.05, 3.63) is 92.0 Å². The van der Waals surface area contributed by atoms with E-state index in [0.717, 1.165) is 12.1 Å². The number of methoxy groups -OCH3 is 2. The van der Waals surface area contributed by atoms with Crippen LogP contribution in [-0.2, 0) is 0 Å². The third-order valence-electron chi connectivity index (χ3n) is 4.68. The first kappa shape index (κ1) is 23.7. The van der Waals surface area contributed by atoms with E-state index in [-0.39, 0.29) is 34.0 Å². The van der Waals surface area contributed by atoms with Crippen molar-refractivity contribution < 1.29 is 28.9 Å². The van der Waals surface area contributed by atoms with Crippen LogP contribution in [0.1, 0.15) is 20.7 Å². The Morgan fingerprint density at radius 2 is 1.03 bits per heavy atom. The van der Waals surface area contributed by atoms with E-state index in [2.05, 4.69) is 10.6 Å². The third kappa shape index (κ3) is 5.24. The van der Waals surface area contributed by atoms with E-state index in [1.807, 2.05) is 0 Å². The van der Waals surface area contributed by atoms with Crippen LogP contribution in [-0.4, -0.2) is 35.9 Å². The molecule has 0 aliphatic rings. The van der Waals surface area contributed by atoms with Crippen LogP contribution in [0.2, 0.25) is 0 Å². The fourth-order valence-electron chi connectivity index (χ4n) is 3.01. The summed E-state index contributed by atoms with van der Waals surface area (Å²) in [7, 11) is 2.68. The van der Waals surface area contributed by atoms with E-state index in [9.17, 15) is 29.8 Å². The molecule has 0 bridgehead atoms. The molecule has 0 spiro atoms. The number of amides is 2. The zero-order valence-electron chi connectivity index (χ0n) is 17.9. The van der Waals surface area contributed by atoms with Crippen LogP contribution in [0.25, 0.3) is 0 Å². The van der Waals surface area contributed by atoms with Gasteiger partial charge >= 0.3 is 0 Å². The molecular weight excluding hydrogens is 448 g/mol. The van der Waals surface area contributed by atoms with Crippen LogP contribution in [0.3, 0.4) is 0 Å². The molecule has 0 aromatic heterocycles. The van der Waals surface area contributed by atoms with E-state index in [0.29, 0.717) is 11.4 Å². The molecule has 0 atom stereocenters. The number of nitrogens with zero attached hydrogens (tertiary/aromatic N) is 2. The third-order valence-corrected chi connectivity index (χ3v) is 4.68. The van der Waals surface area contributed by atoms with Gasteiger partial charge in [-0.1, -0.05) is 0 Å². The van der Waals surface area contributed by atoms with E-state index < -0.39 is 21.7 Å². The Labute approximate surface area is 192 Å². The summed E-state index contributed by atoms with van der Waals surface area (Å²) >= 11 is 0. The monoisotopic (exact) mass is 466 g/mol. The minimum absolute atomic E-state index is 0.0214. The highest BCUT2D eigenvalue weighted by molar-refractivity contribution is 6.08. The fraction of sp³-hybridized carbons (Fsp3) is 0.0909. The van der Waals surface area contributed by atoms with E-state index in [4.69, 9.17) is 9.47 Å². The van der Waals surface area contributed by atoms with Gasteiger partial charge in [0.1, 0.15) is 11.5 Å². The largest absolute Gasteiger partial charge is 0.496 e. The summed E-state index contributed by atoms with van der Waals surface area (Å²) in [6.45, 7) is 0. The smallest absolute Gasteiger partial charge is 0.270 e. The number of hydrogen-bond acceptors (Lipinski definition) is 8. The fourth-order valence-corrected chi connectivity index (χ4v) is 3.01.